The predicted molar refractivity (Wildman–Crippen MR) is 79.9 cm³/mol. The molecule has 1 aromatic carbocycles. The Morgan fingerprint density at radius 1 is 1.06 bits per heavy atom. The molecule has 4 N–H and O–H groups in total. The minimum Gasteiger partial charge on any atom is -0.506 e. The molecule has 4 nitrogen and oxygen atoms in total. The molecule has 1 rings (SSSR count). The molecule has 0 aliphatic heterocycles. The van der Waals surface area contributed by atoms with Gasteiger partial charge in [-0.05, 0) is 56.0 Å². The van der Waals surface area contributed by atoms with Crippen LogP contribution in [-0.2, 0) is 6.42 Å². The van der Waals surface area contributed by atoms with Crippen molar-refractivity contribution in [3.8, 4) is 5.75 Å². The summed E-state index contributed by atoms with van der Waals surface area (Å²) in [5, 5.41) is 28.4. The summed E-state index contributed by atoms with van der Waals surface area (Å²) >= 11 is 6.52. The number of phenolic OH excluding ortho intramolecular Hbond substituents is 1. The Hall–Kier alpha value is -0.140. The van der Waals surface area contributed by atoms with E-state index in [0.29, 0.717) is 13.1 Å². The zero-order valence-electron chi connectivity index (χ0n) is 10.3. The molecular formula is C12H19Br2NO3. The summed E-state index contributed by atoms with van der Waals surface area (Å²) in [6, 6.07) is 3.83. The van der Waals surface area contributed by atoms with Crippen LogP contribution in [0.2, 0.25) is 0 Å². The molecule has 0 saturated carbocycles. The number of halogens is 2. The van der Waals surface area contributed by atoms with Crippen LogP contribution >= 0.6 is 31.9 Å². The number of aromatic hydroxyl groups is 1. The molecule has 0 fully saturated rings. The van der Waals surface area contributed by atoms with Gasteiger partial charge in [0.2, 0.25) is 0 Å². The maximum atomic E-state index is 9.33. The first-order valence-corrected chi connectivity index (χ1v) is 7.24. The molecule has 0 aliphatic carbocycles. The lowest BCUT2D eigenvalue weighted by Crippen LogP contribution is -2.21. The highest BCUT2D eigenvalue weighted by Crippen LogP contribution is 2.33. The van der Waals surface area contributed by atoms with Crippen LogP contribution in [0, 0.1) is 0 Å². The molecule has 0 aromatic heterocycles. The van der Waals surface area contributed by atoms with E-state index in [9.17, 15) is 5.11 Å². The van der Waals surface area contributed by atoms with Gasteiger partial charge in [0.15, 0.2) is 0 Å². The van der Waals surface area contributed by atoms with E-state index in [0.717, 1.165) is 15.4 Å². The van der Waals surface area contributed by atoms with Crippen LogP contribution < -0.4 is 5.32 Å². The third-order valence-electron chi connectivity index (χ3n) is 2.06. The van der Waals surface area contributed by atoms with Crippen molar-refractivity contribution in [1.29, 1.82) is 0 Å². The fourth-order valence-corrected chi connectivity index (χ4v) is 2.39. The maximum absolute atomic E-state index is 9.33. The number of aliphatic hydroxyl groups excluding tert-OH is 2. The van der Waals surface area contributed by atoms with E-state index in [2.05, 4.69) is 44.1 Å². The van der Waals surface area contributed by atoms with Gasteiger partial charge in [-0.25, -0.2) is 0 Å². The zero-order valence-corrected chi connectivity index (χ0v) is 13.5. The van der Waals surface area contributed by atoms with Gasteiger partial charge in [-0.15, -0.1) is 0 Å². The van der Waals surface area contributed by atoms with E-state index in [1.165, 1.54) is 5.56 Å². The van der Waals surface area contributed by atoms with E-state index in [1.54, 1.807) is 0 Å². The van der Waals surface area contributed by atoms with Crippen LogP contribution in [0.1, 0.15) is 12.5 Å². The summed E-state index contributed by atoms with van der Waals surface area (Å²) in [7, 11) is 0. The van der Waals surface area contributed by atoms with Crippen molar-refractivity contribution in [1.82, 2.24) is 5.32 Å². The van der Waals surface area contributed by atoms with E-state index in [1.807, 2.05) is 12.1 Å². The Balaban J connectivity index is 0.000000360. The summed E-state index contributed by atoms with van der Waals surface area (Å²) in [5.74, 6) is 0.266. The molecule has 0 heterocycles. The van der Waals surface area contributed by atoms with E-state index in [-0.39, 0.29) is 19.0 Å². The lowest BCUT2D eigenvalue weighted by molar-refractivity contribution is 0.266. The number of rotatable bonds is 5. The summed E-state index contributed by atoms with van der Waals surface area (Å²) in [5.41, 5.74) is 1.20. The normalized spacial score (nSPS) is 9.83. The number of benzene rings is 1. The molecule has 104 valence electrons. The molecule has 0 atom stereocenters. The lowest BCUT2D eigenvalue weighted by Gasteiger charge is -2.02. The topological polar surface area (TPSA) is 72.7 Å². The van der Waals surface area contributed by atoms with E-state index in [4.69, 9.17) is 10.2 Å². The number of aliphatic hydroxyl groups is 2. The van der Waals surface area contributed by atoms with Gasteiger partial charge in [0.25, 0.3) is 0 Å². The summed E-state index contributed by atoms with van der Waals surface area (Å²) in [6.45, 7) is 3.49. The van der Waals surface area contributed by atoms with Crippen LogP contribution in [0.15, 0.2) is 21.1 Å². The maximum Gasteiger partial charge on any atom is 0.143 e. The minimum absolute atomic E-state index is 0.139. The van der Waals surface area contributed by atoms with Gasteiger partial charge in [0, 0.05) is 13.1 Å². The van der Waals surface area contributed by atoms with Crippen LogP contribution in [0.25, 0.3) is 0 Å². The van der Waals surface area contributed by atoms with Crippen LogP contribution in [0.5, 0.6) is 5.75 Å². The molecule has 6 heteroatoms. The molecule has 18 heavy (non-hydrogen) atoms. The van der Waals surface area contributed by atoms with Gasteiger partial charge in [-0.2, -0.15) is 0 Å². The molecule has 0 spiro atoms. The highest BCUT2D eigenvalue weighted by atomic mass is 79.9. The van der Waals surface area contributed by atoms with Gasteiger partial charge in [-0.1, -0.05) is 6.92 Å². The molecular weight excluding hydrogens is 366 g/mol. The van der Waals surface area contributed by atoms with Gasteiger partial charge in [0.1, 0.15) is 5.75 Å². The van der Waals surface area contributed by atoms with Crippen molar-refractivity contribution in [3.63, 3.8) is 0 Å². The van der Waals surface area contributed by atoms with Crippen molar-refractivity contribution >= 4 is 31.9 Å². The monoisotopic (exact) mass is 383 g/mol. The number of phenols is 1. The number of hydrogen-bond donors (Lipinski definition) is 4. The second kappa shape index (κ2) is 10.8. The summed E-state index contributed by atoms with van der Waals surface area (Å²) in [4.78, 5) is 0. The molecule has 0 amide bonds. The largest absolute Gasteiger partial charge is 0.506 e. The second-order valence-corrected chi connectivity index (χ2v) is 5.17. The molecule has 0 bridgehead atoms. The van der Waals surface area contributed by atoms with Gasteiger partial charge >= 0.3 is 0 Å². The third kappa shape index (κ3) is 7.33. The van der Waals surface area contributed by atoms with Crippen molar-refractivity contribution in [2.24, 2.45) is 0 Å². The smallest absolute Gasteiger partial charge is 0.143 e. The first-order chi connectivity index (χ1) is 8.56. The average Bonchev–Trinajstić information content (AvgIpc) is 2.37. The van der Waals surface area contributed by atoms with Crippen molar-refractivity contribution in [2.45, 2.75) is 13.3 Å². The van der Waals surface area contributed by atoms with Gasteiger partial charge in [-0.3, -0.25) is 0 Å². The number of nitrogens with one attached hydrogen (secondary N) is 1. The number of hydrogen-bond acceptors (Lipinski definition) is 4. The molecule has 0 radical (unpaired) electrons. The van der Waals surface area contributed by atoms with Crippen LogP contribution in [0.3, 0.4) is 0 Å². The SMILES string of the molecule is CCc1cc(Br)c(O)c(Br)c1.OCCNCCO. The molecule has 0 unspecified atom stereocenters. The fourth-order valence-electron chi connectivity index (χ4n) is 1.11. The standard InChI is InChI=1S/C8H8Br2O.C4H11NO2/c1-2-5-3-6(9)8(11)7(10)4-5;6-3-1-5-2-4-7/h3-4,11H,2H2,1H3;5-7H,1-4H2. The predicted octanol–water partition coefficient (Wildman–Crippen LogP) is 2.04. The Bertz CT molecular complexity index is 321. The first kappa shape index (κ1) is 17.9. The summed E-state index contributed by atoms with van der Waals surface area (Å²) < 4.78 is 1.48. The molecule has 1 aromatic rings. The molecule has 0 aliphatic rings. The fraction of sp³-hybridized carbons (Fsp3) is 0.500. The Morgan fingerprint density at radius 3 is 1.83 bits per heavy atom. The summed E-state index contributed by atoms with van der Waals surface area (Å²) in [6.07, 6.45) is 0.970. The van der Waals surface area contributed by atoms with E-state index >= 15 is 0 Å². The highest BCUT2D eigenvalue weighted by molar-refractivity contribution is 9.11. The highest BCUT2D eigenvalue weighted by Gasteiger charge is 2.03. The Labute approximate surface area is 124 Å². The van der Waals surface area contributed by atoms with Crippen molar-refractivity contribution in [3.05, 3.63) is 26.6 Å². The zero-order chi connectivity index (χ0) is 14.0. The Morgan fingerprint density at radius 2 is 1.50 bits per heavy atom. The average molecular weight is 385 g/mol. The van der Waals surface area contributed by atoms with Crippen molar-refractivity contribution < 1.29 is 15.3 Å². The second-order valence-electron chi connectivity index (χ2n) is 3.46. The lowest BCUT2D eigenvalue weighted by atomic mass is 10.2. The Kier molecular flexibility index (Phi) is 10.7. The van der Waals surface area contributed by atoms with Crippen LogP contribution in [0.4, 0.5) is 0 Å². The number of aryl methyl sites for hydroxylation is 1. The first-order valence-electron chi connectivity index (χ1n) is 5.66. The third-order valence-corrected chi connectivity index (χ3v) is 3.27. The van der Waals surface area contributed by atoms with Crippen LogP contribution in [-0.4, -0.2) is 41.6 Å². The van der Waals surface area contributed by atoms with Gasteiger partial charge < -0.3 is 20.6 Å². The quantitative estimate of drug-likeness (QED) is 0.586. The van der Waals surface area contributed by atoms with Crippen molar-refractivity contribution in [2.75, 3.05) is 26.3 Å². The molecule has 0 saturated heterocycles. The van der Waals surface area contributed by atoms with E-state index < -0.39 is 0 Å². The van der Waals surface area contributed by atoms with Gasteiger partial charge in [0.05, 0.1) is 22.2 Å². The minimum atomic E-state index is 0.139.